The van der Waals surface area contributed by atoms with E-state index in [2.05, 4.69) is 10.4 Å². The van der Waals surface area contributed by atoms with Gasteiger partial charge in [0.05, 0.1) is 0 Å². The summed E-state index contributed by atoms with van der Waals surface area (Å²) in [5, 5.41) is 9.31. The largest absolute Gasteiger partial charge is 0.327 e. The summed E-state index contributed by atoms with van der Waals surface area (Å²) in [6.45, 7) is 0.405. The van der Waals surface area contributed by atoms with Crippen molar-refractivity contribution in [1.29, 1.82) is 0 Å². The first-order chi connectivity index (χ1) is 10.7. The molecule has 1 heterocycles. The van der Waals surface area contributed by atoms with E-state index in [4.69, 9.17) is 23.2 Å². The quantitative estimate of drug-likeness (QED) is 0.545. The third kappa shape index (κ3) is 3.00. The molecule has 1 aromatic heterocycles. The molecule has 3 rings (SSSR count). The summed E-state index contributed by atoms with van der Waals surface area (Å²) in [5.74, 6) is 0.335. The molecule has 0 bridgehead atoms. The van der Waals surface area contributed by atoms with Crippen LogP contribution in [0.4, 0.5) is 0 Å². The fourth-order valence-electron chi connectivity index (χ4n) is 2.09. The summed E-state index contributed by atoms with van der Waals surface area (Å²) < 4.78 is 2.99. The molecule has 0 amide bonds. The van der Waals surface area contributed by atoms with Gasteiger partial charge >= 0.3 is 5.82 Å². The Hall–Kier alpha value is -2.24. The molecular weight excluding hydrogens is 323 g/mol. The first-order valence-corrected chi connectivity index (χ1v) is 7.24. The Bertz CT molecular complexity index is 815. The maximum Gasteiger partial charge on any atom is 0.327 e. The van der Waals surface area contributed by atoms with Crippen molar-refractivity contribution in [2.75, 3.05) is 0 Å². The molecule has 3 aromatic rings. The molecule has 0 aliphatic carbocycles. The van der Waals surface area contributed by atoms with Crippen LogP contribution in [0.5, 0.6) is 0 Å². The topological polar surface area (TPSA) is 51.7 Å². The lowest BCUT2D eigenvalue weighted by atomic mass is 10.2. The second-order valence-electron chi connectivity index (χ2n) is 4.63. The van der Waals surface area contributed by atoms with Gasteiger partial charge in [-0.15, -0.1) is 4.68 Å². The number of benzene rings is 2. The van der Waals surface area contributed by atoms with Crippen molar-refractivity contribution in [3.8, 4) is 5.69 Å². The van der Waals surface area contributed by atoms with Crippen LogP contribution < -0.4 is 4.68 Å². The lowest BCUT2D eigenvalue weighted by Crippen LogP contribution is -2.41. The number of hydrogen-bond donors (Lipinski definition) is 0. The summed E-state index contributed by atoms with van der Waals surface area (Å²) in [4.78, 5) is 11.4. The van der Waals surface area contributed by atoms with E-state index >= 15 is 0 Å². The highest BCUT2D eigenvalue weighted by Gasteiger charge is 2.22. The van der Waals surface area contributed by atoms with Crippen molar-refractivity contribution in [2.45, 2.75) is 6.54 Å². The van der Waals surface area contributed by atoms with Gasteiger partial charge in [0, 0.05) is 10.0 Å². The number of nitrogens with zero attached hydrogens (tertiary/aromatic N) is 4. The third-order valence-corrected chi connectivity index (χ3v) is 3.60. The van der Waals surface area contributed by atoms with Crippen molar-refractivity contribution in [3.63, 3.8) is 0 Å². The summed E-state index contributed by atoms with van der Waals surface area (Å²) in [6, 6.07) is 14.4. The van der Waals surface area contributed by atoms with Gasteiger partial charge in [-0.25, -0.2) is 0 Å². The molecule has 7 heteroatoms. The minimum Gasteiger partial charge on any atom is -0.291 e. The molecule has 0 radical (unpaired) electrons. The van der Waals surface area contributed by atoms with Crippen molar-refractivity contribution in [2.24, 2.45) is 0 Å². The molecule has 0 saturated carbocycles. The van der Waals surface area contributed by atoms with E-state index < -0.39 is 0 Å². The van der Waals surface area contributed by atoms with E-state index in [1.807, 2.05) is 18.2 Å². The molecule has 0 aliphatic rings. The number of halogens is 2. The lowest BCUT2D eigenvalue weighted by Gasteiger charge is -1.99. The molecule has 0 saturated heterocycles. The highest BCUT2D eigenvalue weighted by molar-refractivity contribution is 6.30. The molecule has 0 atom stereocenters. The van der Waals surface area contributed by atoms with Gasteiger partial charge in [0.25, 0.3) is 0 Å². The Balaban J connectivity index is 1.97. The average molecular weight is 334 g/mol. The van der Waals surface area contributed by atoms with E-state index in [-0.39, 0.29) is 0 Å². The summed E-state index contributed by atoms with van der Waals surface area (Å²) in [6.07, 6.45) is 0.721. The second kappa shape index (κ2) is 6.25. The van der Waals surface area contributed by atoms with Crippen LogP contribution in [0.2, 0.25) is 10.0 Å². The van der Waals surface area contributed by atoms with E-state index in [1.54, 1.807) is 30.3 Å². The van der Waals surface area contributed by atoms with Gasteiger partial charge in [0.2, 0.25) is 6.29 Å². The maximum atomic E-state index is 11.4. The highest BCUT2D eigenvalue weighted by atomic mass is 35.5. The second-order valence-corrected chi connectivity index (χ2v) is 5.50. The van der Waals surface area contributed by atoms with Crippen LogP contribution in [0.25, 0.3) is 5.69 Å². The Morgan fingerprint density at radius 1 is 1.09 bits per heavy atom. The minimum absolute atomic E-state index is 0.335. The smallest absolute Gasteiger partial charge is 0.291 e. The SMILES string of the molecule is O=Cc1n(-c2ccc(Cl)cc2)nn[n+]1Cc1cccc(Cl)c1. The standard InChI is InChI=1S/C15H11Cl2N4O/c16-12-4-6-14(7-5-12)21-15(10-22)20(18-19-21)9-11-2-1-3-13(17)8-11/h1-8,10H,9H2/q+1. The van der Waals surface area contributed by atoms with E-state index in [0.717, 1.165) is 11.8 Å². The van der Waals surface area contributed by atoms with Crippen molar-refractivity contribution < 1.29 is 9.48 Å². The maximum absolute atomic E-state index is 11.4. The summed E-state index contributed by atoms with van der Waals surface area (Å²) in [5.41, 5.74) is 1.65. The zero-order chi connectivity index (χ0) is 15.5. The predicted molar refractivity (Wildman–Crippen MR) is 82.5 cm³/mol. The van der Waals surface area contributed by atoms with E-state index in [1.165, 1.54) is 9.36 Å². The highest BCUT2D eigenvalue weighted by Crippen LogP contribution is 2.13. The van der Waals surface area contributed by atoms with Gasteiger partial charge < -0.3 is 0 Å². The van der Waals surface area contributed by atoms with Crippen LogP contribution in [0.3, 0.4) is 0 Å². The van der Waals surface area contributed by atoms with Crippen molar-refractivity contribution >= 4 is 29.5 Å². The van der Waals surface area contributed by atoms with Gasteiger partial charge in [0.15, 0.2) is 5.21 Å². The molecule has 2 aromatic carbocycles. The number of tetrazole rings is 1. The van der Waals surface area contributed by atoms with Gasteiger partial charge in [-0.05, 0) is 46.6 Å². The molecule has 0 spiro atoms. The Morgan fingerprint density at radius 3 is 2.55 bits per heavy atom. The van der Waals surface area contributed by atoms with Crippen molar-refractivity contribution in [3.05, 3.63) is 70.0 Å². The fraction of sp³-hybridized carbons (Fsp3) is 0.0667. The van der Waals surface area contributed by atoms with Crippen LogP contribution in [0, 0.1) is 0 Å². The lowest BCUT2D eigenvalue weighted by molar-refractivity contribution is -0.748. The molecule has 0 unspecified atom stereocenters. The number of rotatable bonds is 4. The Labute approximate surface area is 136 Å². The van der Waals surface area contributed by atoms with Crippen LogP contribution in [0.1, 0.15) is 16.2 Å². The first kappa shape index (κ1) is 14.7. The predicted octanol–water partition coefficient (Wildman–Crippen LogP) is 2.72. The monoisotopic (exact) mass is 333 g/mol. The van der Waals surface area contributed by atoms with Crippen LogP contribution in [-0.4, -0.2) is 21.4 Å². The zero-order valence-electron chi connectivity index (χ0n) is 11.4. The number of aromatic nitrogens is 4. The number of carbonyl (C=O) groups is 1. The number of hydrogen-bond acceptors (Lipinski definition) is 3. The third-order valence-electron chi connectivity index (χ3n) is 3.12. The van der Waals surface area contributed by atoms with Crippen LogP contribution in [0.15, 0.2) is 48.5 Å². The van der Waals surface area contributed by atoms with E-state index in [0.29, 0.717) is 28.1 Å². The Morgan fingerprint density at radius 2 is 1.86 bits per heavy atom. The minimum atomic E-state index is 0.335. The fourth-order valence-corrected chi connectivity index (χ4v) is 2.43. The van der Waals surface area contributed by atoms with Crippen molar-refractivity contribution in [1.82, 2.24) is 15.1 Å². The molecule has 0 aliphatic heterocycles. The number of carbonyl (C=O) groups excluding carboxylic acids is 1. The van der Waals surface area contributed by atoms with Gasteiger partial charge in [-0.1, -0.05) is 35.3 Å². The molecule has 0 fully saturated rings. The molecule has 22 heavy (non-hydrogen) atoms. The van der Waals surface area contributed by atoms with Gasteiger partial charge in [-0.3, -0.25) is 4.79 Å². The van der Waals surface area contributed by atoms with Crippen LogP contribution in [-0.2, 0) is 6.54 Å². The molecule has 5 nitrogen and oxygen atoms in total. The van der Waals surface area contributed by atoms with E-state index in [9.17, 15) is 4.79 Å². The molecular formula is C15H11Cl2N4O+. The summed E-state index contributed by atoms with van der Waals surface area (Å²) in [7, 11) is 0. The van der Waals surface area contributed by atoms with Gasteiger partial charge in [0.1, 0.15) is 17.4 Å². The zero-order valence-corrected chi connectivity index (χ0v) is 12.9. The molecule has 0 N–H and O–H groups in total. The summed E-state index contributed by atoms with van der Waals surface area (Å²) >= 11 is 11.8. The van der Waals surface area contributed by atoms with Gasteiger partial charge in [-0.2, -0.15) is 0 Å². The Kier molecular flexibility index (Phi) is 4.18. The first-order valence-electron chi connectivity index (χ1n) is 6.49. The normalized spacial score (nSPS) is 10.6. The molecule has 110 valence electrons. The average Bonchev–Trinajstić information content (AvgIpc) is 2.90. The number of aldehydes is 1. The van der Waals surface area contributed by atoms with Crippen LogP contribution >= 0.6 is 23.2 Å².